The number of nitrogens with two attached hydrogens (primary N) is 1. The zero-order valence-electron chi connectivity index (χ0n) is 11.6. The van der Waals surface area contributed by atoms with Crippen LogP contribution in [0.3, 0.4) is 0 Å². The Kier molecular flexibility index (Phi) is 3.61. The normalized spacial score (nSPS) is 10.7. The average molecular weight is 317 g/mol. The van der Waals surface area contributed by atoms with Crippen molar-refractivity contribution in [2.75, 3.05) is 11.1 Å². The molecule has 1 heterocycles. The molecule has 3 N–H and O–H groups in total. The van der Waals surface area contributed by atoms with Crippen LogP contribution in [-0.4, -0.2) is 10.9 Å². The van der Waals surface area contributed by atoms with E-state index < -0.39 is 29.0 Å². The number of nitrogens with one attached hydrogen (secondary N) is 1. The molecule has 0 bridgehead atoms. The number of hydrogen-bond acceptors (Lipinski definition) is 3. The number of nitrogen functional groups attached to an aromatic ring is 1. The maximum Gasteiger partial charge on any atom is 0.274 e. The van der Waals surface area contributed by atoms with Gasteiger partial charge in [-0.3, -0.25) is 9.78 Å². The van der Waals surface area contributed by atoms with Crippen molar-refractivity contribution in [2.24, 2.45) is 0 Å². The van der Waals surface area contributed by atoms with E-state index in [4.69, 9.17) is 5.73 Å². The summed E-state index contributed by atoms with van der Waals surface area (Å²) >= 11 is 0. The lowest BCUT2D eigenvalue weighted by molar-refractivity contribution is 0.102. The number of rotatable bonds is 2. The van der Waals surface area contributed by atoms with Gasteiger partial charge in [0.25, 0.3) is 5.91 Å². The minimum Gasteiger partial charge on any atom is -0.399 e. The first-order valence-electron chi connectivity index (χ1n) is 6.56. The molecule has 1 amide bonds. The van der Waals surface area contributed by atoms with Crippen molar-refractivity contribution < 1.29 is 18.0 Å². The second-order valence-electron chi connectivity index (χ2n) is 4.82. The third-order valence-electron chi connectivity index (χ3n) is 3.29. The first-order chi connectivity index (χ1) is 11.0. The molecule has 0 atom stereocenters. The predicted molar refractivity (Wildman–Crippen MR) is 80.4 cm³/mol. The predicted octanol–water partition coefficient (Wildman–Crippen LogP) is 3.49. The molecule has 0 aliphatic heterocycles. The van der Waals surface area contributed by atoms with Crippen LogP contribution in [0.1, 0.15) is 10.5 Å². The molecular formula is C16H10F3N3O. The summed E-state index contributed by atoms with van der Waals surface area (Å²) in [6.07, 6.45) is 1.41. The summed E-state index contributed by atoms with van der Waals surface area (Å²) in [7, 11) is 0. The van der Waals surface area contributed by atoms with Gasteiger partial charge in [0.05, 0.1) is 5.69 Å². The lowest BCUT2D eigenvalue weighted by atomic mass is 10.1. The third kappa shape index (κ3) is 2.68. The number of carbonyl (C=O) groups excluding carboxylic acids is 1. The molecule has 0 saturated heterocycles. The summed E-state index contributed by atoms with van der Waals surface area (Å²) in [6.45, 7) is 0. The summed E-state index contributed by atoms with van der Waals surface area (Å²) in [6, 6.07) is 8.27. The van der Waals surface area contributed by atoms with E-state index in [1.807, 2.05) is 0 Å². The number of anilines is 2. The highest BCUT2D eigenvalue weighted by molar-refractivity contribution is 6.11. The number of nitrogens with zero attached hydrogens (tertiary/aromatic N) is 1. The quantitative estimate of drug-likeness (QED) is 0.561. The Morgan fingerprint density at radius 2 is 1.83 bits per heavy atom. The highest BCUT2D eigenvalue weighted by atomic mass is 19.2. The van der Waals surface area contributed by atoms with Crippen molar-refractivity contribution in [1.29, 1.82) is 0 Å². The van der Waals surface area contributed by atoms with Crippen molar-refractivity contribution >= 4 is 28.1 Å². The molecule has 116 valence electrons. The highest BCUT2D eigenvalue weighted by Gasteiger charge is 2.18. The largest absolute Gasteiger partial charge is 0.399 e. The molecule has 3 rings (SSSR count). The fourth-order valence-electron chi connectivity index (χ4n) is 2.17. The second-order valence-corrected chi connectivity index (χ2v) is 4.82. The maximum absolute atomic E-state index is 13.6. The summed E-state index contributed by atoms with van der Waals surface area (Å²) in [5.41, 5.74) is 5.65. The molecule has 0 saturated carbocycles. The Bertz CT molecular complexity index is 928. The van der Waals surface area contributed by atoms with Gasteiger partial charge in [0.2, 0.25) is 0 Å². The average Bonchev–Trinajstić information content (AvgIpc) is 2.54. The van der Waals surface area contributed by atoms with Crippen LogP contribution in [0, 0.1) is 17.5 Å². The van der Waals surface area contributed by atoms with Gasteiger partial charge >= 0.3 is 0 Å². The van der Waals surface area contributed by atoms with Crippen LogP contribution < -0.4 is 11.1 Å². The standard InChI is InChI=1S/C16H10F3N3O/c17-11-3-4-12(14(19)13(11)18)22-16(23)15-10-7-9(20)2-1-8(10)5-6-21-15/h1-7H,20H2,(H,22,23). The molecule has 4 nitrogen and oxygen atoms in total. The molecule has 0 unspecified atom stereocenters. The number of benzene rings is 2. The van der Waals surface area contributed by atoms with Crippen molar-refractivity contribution in [3.63, 3.8) is 0 Å². The van der Waals surface area contributed by atoms with Crippen LogP contribution in [0.25, 0.3) is 10.8 Å². The van der Waals surface area contributed by atoms with Gasteiger partial charge in [0.1, 0.15) is 5.69 Å². The minimum atomic E-state index is -1.65. The number of hydrogen-bond donors (Lipinski definition) is 2. The van der Waals surface area contributed by atoms with Gasteiger partial charge in [-0.05, 0) is 35.7 Å². The summed E-state index contributed by atoms with van der Waals surface area (Å²) in [5.74, 6) is -5.22. The van der Waals surface area contributed by atoms with Gasteiger partial charge in [0.15, 0.2) is 17.5 Å². The van der Waals surface area contributed by atoms with Gasteiger partial charge < -0.3 is 11.1 Å². The lowest BCUT2D eigenvalue weighted by Gasteiger charge is -2.09. The molecule has 3 aromatic rings. The Labute approximate surface area is 128 Å². The number of halogens is 3. The van der Waals surface area contributed by atoms with Crippen molar-refractivity contribution in [3.05, 3.63) is 65.7 Å². The molecule has 0 aliphatic carbocycles. The van der Waals surface area contributed by atoms with Crippen LogP contribution in [0.5, 0.6) is 0 Å². The maximum atomic E-state index is 13.6. The monoisotopic (exact) mass is 317 g/mol. The van der Waals surface area contributed by atoms with Crippen molar-refractivity contribution in [1.82, 2.24) is 4.98 Å². The molecule has 0 aliphatic rings. The number of amides is 1. The molecule has 7 heteroatoms. The first kappa shape index (κ1) is 14.8. The van der Waals surface area contributed by atoms with Gasteiger partial charge in [-0.15, -0.1) is 0 Å². The lowest BCUT2D eigenvalue weighted by Crippen LogP contribution is -2.16. The fourth-order valence-corrected chi connectivity index (χ4v) is 2.17. The van der Waals surface area contributed by atoms with Crippen LogP contribution >= 0.6 is 0 Å². The molecule has 23 heavy (non-hydrogen) atoms. The van der Waals surface area contributed by atoms with Crippen LogP contribution in [0.2, 0.25) is 0 Å². The van der Waals surface area contributed by atoms with E-state index in [2.05, 4.69) is 10.3 Å². The van der Waals surface area contributed by atoms with Crippen LogP contribution in [0.4, 0.5) is 24.5 Å². The van der Waals surface area contributed by atoms with Gasteiger partial charge in [-0.25, -0.2) is 13.2 Å². The SMILES string of the molecule is Nc1ccc2ccnc(C(=O)Nc3ccc(F)c(F)c3F)c2c1. The van der Waals surface area contributed by atoms with Gasteiger partial charge in [0, 0.05) is 17.3 Å². The topological polar surface area (TPSA) is 68.0 Å². The van der Waals surface area contributed by atoms with Gasteiger partial charge in [-0.1, -0.05) is 6.07 Å². The Hall–Kier alpha value is -3.09. The number of fused-ring (bicyclic) bond motifs is 1. The molecule has 2 aromatic carbocycles. The van der Waals surface area contributed by atoms with Crippen molar-refractivity contribution in [3.8, 4) is 0 Å². The smallest absolute Gasteiger partial charge is 0.274 e. The molecule has 0 spiro atoms. The molecule has 0 radical (unpaired) electrons. The number of carbonyl (C=O) groups is 1. The Morgan fingerprint density at radius 1 is 1.04 bits per heavy atom. The first-order valence-corrected chi connectivity index (χ1v) is 6.56. The van der Waals surface area contributed by atoms with E-state index in [1.54, 1.807) is 24.3 Å². The fraction of sp³-hybridized carbons (Fsp3) is 0. The highest BCUT2D eigenvalue weighted by Crippen LogP contribution is 2.23. The van der Waals surface area contributed by atoms with E-state index in [1.165, 1.54) is 6.20 Å². The summed E-state index contributed by atoms with van der Waals surface area (Å²) < 4.78 is 39.8. The van der Waals surface area contributed by atoms with E-state index in [-0.39, 0.29) is 5.69 Å². The Balaban J connectivity index is 2.02. The van der Waals surface area contributed by atoms with Crippen molar-refractivity contribution in [2.45, 2.75) is 0 Å². The second kappa shape index (κ2) is 5.60. The third-order valence-corrected chi connectivity index (χ3v) is 3.29. The van der Waals surface area contributed by atoms with E-state index in [0.717, 1.165) is 12.1 Å². The number of aromatic nitrogens is 1. The zero-order valence-corrected chi connectivity index (χ0v) is 11.6. The van der Waals surface area contributed by atoms with Crippen LogP contribution in [-0.2, 0) is 0 Å². The molecule has 1 aromatic heterocycles. The van der Waals surface area contributed by atoms with Gasteiger partial charge in [-0.2, -0.15) is 0 Å². The van der Waals surface area contributed by atoms with E-state index in [9.17, 15) is 18.0 Å². The molecular weight excluding hydrogens is 307 g/mol. The summed E-state index contributed by atoms with van der Waals surface area (Å²) in [4.78, 5) is 16.2. The zero-order chi connectivity index (χ0) is 16.6. The van der Waals surface area contributed by atoms with E-state index in [0.29, 0.717) is 16.5 Å². The minimum absolute atomic E-state index is 0.000988. The summed E-state index contributed by atoms with van der Waals surface area (Å²) in [5, 5.41) is 3.36. The molecule has 0 fully saturated rings. The Morgan fingerprint density at radius 3 is 2.61 bits per heavy atom. The van der Waals surface area contributed by atoms with Crippen LogP contribution in [0.15, 0.2) is 42.6 Å². The van der Waals surface area contributed by atoms with E-state index >= 15 is 0 Å². The number of pyridine rings is 1.